The van der Waals surface area contributed by atoms with Gasteiger partial charge < -0.3 is 4.98 Å². The minimum Gasteiger partial charge on any atom is -0.361 e. The van der Waals surface area contributed by atoms with Gasteiger partial charge in [0.1, 0.15) is 0 Å². The summed E-state index contributed by atoms with van der Waals surface area (Å²) in [5.74, 6) is 0. The van der Waals surface area contributed by atoms with Crippen LogP contribution in [0.1, 0.15) is 12.0 Å². The molecule has 0 unspecified atom stereocenters. The Balaban J connectivity index is 2.37. The molecule has 0 radical (unpaired) electrons. The lowest BCUT2D eigenvalue weighted by atomic mass is 10.1. The Morgan fingerprint density at radius 1 is 1.23 bits per heavy atom. The molecule has 2 aromatic rings. The molecule has 0 saturated heterocycles. The molecule has 0 spiro atoms. The fourth-order valence-corrected chi connectivity index (χ4v) is 1.90. The summed E-state index contributed by atoms with van der Waals surface area (Å²) < 4.78 is 0. The van der Waals surface area contributed by atoms with Crippen LogP contribution in [-0.2, 0) is 6.42 Å². The van der Waals surface area contributed by atoms with E-state index in [0.717, 1.165) is 11.8 Å². The van der Waals surface area contributed by atoms with Crippen molar-refractivity contribution in [1.82, 2.24) is 4.98 Å². The summed E-state index contributed by atoms with van der Waals surface area (Å²) in [7, 11) is 0. The summed E-state index contributed by atoms with van der Waals surface area (Å²) in [4.78, 5) is 3.28. The molecule has 2 heteroatoms. The van der Waals surface area contributed by atoms with Crippen LogP contribution in [0.15, 0.2) is 30.5 Å². The lowest BCUT2D eigenvalue weighted by Gasteiger charge is -2.00. The molecule has 0 aliphatic rings. The number of para-hydroxylation sites is 1. The number of aryl methyl sites for hydroxylation is 1. The predicted octanol–water partition coefficient (Wildman–Crippen LogP) is 3.50. The van der Waals surface area contributed by atoms with Crippen molar-refractivity contribution >= 4 is 26.8 Å². The van der Waals surface area contributed by atoms with Crippen LogP contribution in [0.4, 0.5) is 0 Å². The highest BCUT2D eigenvalue weighted by atomic mass is 79.9. The Labute approximate surface area is 86.3 Å². The smallest absolute Gasteiger partial charge is 0.0486 e. The highest BCUT2D eigenvalue weighted by Crippen LogP contribution is 2.18. The first kappa shape index (κ1) is 8.82. The lowest BCUT2D eigenvalue weighted by Crippen LogP contribution is -1.87. The second-order valence-electron chi connectivity index (χ2n) is 3.15. The van der Waals surface area contributed by atoms with E-state index in [4.69, 9.17) is 0 Å². The summed E-state index contributed by atoms with van der Waals surface area (Å²) in [6.07, 6.45) is 4.34. The van der Waals surface area contributed by atoms with Crippen molar-refractivity contribution < 1.29 is 0 Å². The predicted molar refractivity (Wildman–Crippen MR) is 60.4 cm³/mol. The molecular weight excluding hydrogens is 226 g/mol. The topological polar surface area (TPSA) is 15.8 Å². The van der Waals surface area contributed by atoms with Crippen LogP contribution < -0.4 is 0 Å². The van der Waals surface area contributed by atoms with E-state index in [1.165, 1.54) is 22.9 Å². The van der Waals surface area contributed by atoms with Gasteiger partial charge in [0.2, 0.25) is 0 Å². The number of rotatable bonds is 3. The SMILES string of the molecule is BrCCCc1cccc2cc[nH]c12. The maximum atomic E-state index is 3.45. The third-order valence-electron chi connectivity index (χ3n) is 2.25. The Morgan fingerprint density at radius 2 is 2.15 bits per heavy atom. The van der Waals surface area contributed by atoms with Crippen LogP contribution >= 0.6 is 15.9 Å². The normalized spacial score (nSPS) is 10.8. The fraction of sp³-hybridized carbons (Fsp3) is 0.273. The Bertz CT molecular complexity index is 392. The zero-order valence-corrected chi connectivity index (χ0v) is 8.97. The van der Waals surface area contributed by atoms with E-state index in [0.29, 0.717) is 0 Å². The van der Waals surface area contributed by atoms with E-state index in [2.05, 4.69) is 45.2 Å². The number of hydrogen-bond acceptors (Lipinski definition) is 0. The average Bonchev–Trinajstić information content (AvgIpc) is 2.62. The van der Waals surface area contributed by atoms with E-state index in [1.54, 1.807) is 0 Å². The van der Waals surface area contributed by atoms with Crippen molar-refractivity contribution in [3.63, 3.8) is 0 Å². The summed E-state index contributed by atoms with van der Waals surface area (Å²) >= 11 is 3.45. The van der Waals surface area contributed by atoms with Gasteiger partial charge in [-0.2, -0.15) is 0 Å². The van der Waals surface area contributed by atoms with Crippen molar-refractivity contribution in [2.75, 3.05) is 5.33 Å². The van der Waals surface area contributed by atoms with Gasteiger partial charge in [-0.1, -0.05) is 34.1 Å². The number of aromatic amines is 1. The number of benzene rings is 1. The number of H-pyrrole nitrogens is 1. The Morgan fingerprint density at radius 3 is 3.00 bits per heavy atom. The maximum absolute atomic E-state index is 3.45. The number of aromatic nitrogens is 1. The molecule has 0 bridgehead atoms. The zero-order valence-electron chi connectivity index (χ0n) is 7.39. The average molecular weight is 238 g/mol. The molecule has 0 aliphatic heterocycles. The first-order valence-corrected chi connectivity index (χ1v) is 5.65. The second-order valence-corrected chi connectivity index (χ2v) is 3.94. The van der Waals surface area contributed by atoms with Gasteiger partial charge in [-0.3, -0.25) is 0 Å². The minimum atomic E-state index is 1.07. The quantitative estimate of drug-likeness (QED) is 0.787. The van der Waals surface area contributed by atoms with Crippen molar-refractivity contribution in [1.29, 1.82) is 0 Å². The molecule has 1 nitrogen and oxygen atoms in total. The van der Waals surface area contributed by atoms with Gasteiger partial charge in [-0.15, -0.1) is 0 Å². The molecule has 0 fully saturated rings. The van der Waals surface area contributed by atoms with Crippen LogP contribution in [0.3, 0.4) is 0 Å². The van der Waals surface area contributed by atoms with Gasteiger partial charge in [0.05, 0.1) is 0 Å². The van der Waals surface area contributed by atoms with E-state index >= 15 is 0 Å². The molecule has 0 amide bonds. The molecule has 1 aromatic heterocycles. The van der Waals surface area contributed by atoms with Crippen LogP contribution in [0.25, 0.3) is 10.9 Å². The summed E-state index contributed by atoms with van der Waals surface area (Å²) in [5.41, 5.74) is 2.71. The number of fused-ring (bicyclic) bond motifs is 1. The summed E-state index contributed by atoms with van der Waals surface area (Å²) in [5, 5.41) is 2.39. The molecule has 13 heavy (non-hydrogen) atoms. The van der Waals surface area contributed by atoms with Gasteiger partial charge in [0.15, 0.2) is 0 Å². The van der Waals surface area contributed by atoms with Crippen LogP contribution in [0.2, 0.25) is 0 Å². The van der Waals surface area contributed by atoms with Gasteiger partial charge >= 0.3 is 0 Å². The van der Waals surface area contributed by atoms with Crippen molar-refractivity contribution in [3.8, 4) is 0 Å². The number of alkyl halides is 1. The van der Waals surface area contributed by atoms with Crippen LogP contribution in [0.5, 0.6) is 0 Å². The molecule has 0 saturated carbocycles. The largest absolute Gasteiger partial charge is 0.361 e. The Hall–Kier alpha value is -0.760. The highest BCUT2D eigenvalue weighted by Gasteiger charge is 2.00. The molecular formula is C11H12BrN. The fourth-order valence-electron chi connectivity index (χ4n) is 1.62. The van der Waals surface area contributed by atoms with E-state index in [1.807, 2.05) is 6.20 Å². The zero-order chi connectivity index (χ0) is 9.10. The molecule has 2 rings (SSSR count). The highest BCUT2D eigenvalue weighted by molar-refractivity contribution is 9.09. The first-order valence-electron chi connectivity index (χ1n) is 4.53. The second kappa shape index (κ2) is 3.97. The van der Waals surface area contributed by atoms with E-state index in [-0.39, 0.29) is 0 Å². The van der Waals surface area contributed by atoms with Crippen molar-refractivity contribution in [3.05, 3.63) is 36.0 Å². The first-order chi connectivity index (χ1) is 6.42. The third kappa shape index (κ3) is 1.78. The van der Waals surface area contributed by atoms with Crippen LogP contribution in [-0.4, -0.2) is 10.3 Å². The van der Waals surface area contributed by atoms with Gasteiger partial charge in [0, 0.05) is 17.0 Å². The standard InChI is InChI=1S/C11H12BrN/c12-7-2-5-9-3-1-4-10-6-8-13-11(9)10/h1,3-4,6,8,13H,2,5,7H2. The van der Waals surface area contributed by atoms with Crippen LogP contribution in [0, 0.1) is 0 Å². The van der Waals surface area contributed by atoms with E-state index < -0.39 is 0 Å². The van der Waals surface area contributed by atoms with E-state index in [9.17, 15) is 0 Å². The molecule has 0 atom stereocenters. The number of hydrogen-bond donors (Lipinski definition) is 1. The summed E-state index contributed by atoms with van der Waals surface area (Å²) in [6.45, 7) is 0. The lowest BCUT2D eigenvalue weighted by molar-refractivity contribution is 0.945. The van der Waals surface area contributed by atoms with Gasteiger partial charge in [-0.05, 0) is 29.9 Å². The molecule has 68 valence electrons. The van der Waals surface area contributed by atoms with Crippen molar-refractivity contribution in [2.24, 2.45) is 0 Å². The Kier molecular flexibility index (Phi) is 2.69. The molecule has 1 N–H and O–H groups in total. The monoisotopic (exact) mass is 237 g/mol. The van der Waals surface area contributed by atoms with Gasteiger partial charge in [0.25, 0.3) is 0 Å². The molecule has 1 aromatic carbocycles. The molecule has 0 aliphatic carbocycles. The maximum Gasteiger partial charge on any atom is 0.0486 e. The summed E-state index contributed by atoms with van der Waals surface area (Å²) in [6, 6.07) is 8.58. The van der Waals surface area contributed by atoms with Gasteiger partial charge in [-0.25, -0.2) is 0 Å². The minimum absolute atomic E-state index is 1.07. The molecule has 1 heterocycles. The number of halogens is 1. The van der Waals surface area contributed by atoms with Crippen molar-refractivity contribution in [2.45, 2.75) is 12.8 Å². The third-order valence-corrected chi connectivity index (χ3v) is 2.81. The number of nitrogens with one attached hydrogen (secondary N) is 1.